The van der Waals surface area contributed by atoms with Gasteiger partial charge in [-0.15, -0.1) is 0 Å². The number of carbonyl (C=O) groups excluding carboxylic acids is 1. The van der Waals surface area contributed by atoms with Gasteiger partial charge in [-0.05, 0) is 32.0 Å². The summed E-state index contributed by atoms with van der Waals surface area (Å²) < 4.78 is 15.7. The van der Waals surface area contributed by atoms with Gasteiger partial charge in [-0.25, -0.2) is 19.2 Å². The zero-order valence-corrected chi connectivity index (χ0v) is 16.5. The van der Waals surface area contributed by atoms with Crippen LogP contribution in [-0.2, 0) is 0 Å². The Hall–Kier alpha value is -3.69. The maximum atomic E-state index is 14.2. The number of piperazine rings is 1. The van der Waals surface area contributed by atoms with Crippen LogP contribution in [0.2, 0.25) is 0 Å². The number of hydrogen-bond acceptors (Lipinski definition) is 5. The van der Waals surface area contributed by atoms with Gasteiger partial charge in [0.15, 0.2) is 11.5 Å². The second-order valence-corrected chi connectivity index (χ2v) is 7.32. The topological polar surface area (TPSA) is 103 Å². The molecule has 3 aromatic heterocycles. The number of imidazole rings is 1. The molecule has 4 rings (SSSR count). The molecule has 1 aliphatic heterocycles. The van der Waals surface area contributed by atoms with Gasteiger partial charge in [-0.3, -0.25) is 4.79 Å². The van der Waals surface area contributed by atoms with Crippen molar-refractivity contribution in [1.29, 1.82) is 0 Å². The molecule has 1 aliphatic rings. The lowest BCUT2D eigenvalue weighted by molar-refractivity contribution is 0.102. The fourth-order valence-corrected chi connectivity index (χ4v) is 3.62. The monoisotopic (exact) mass is 412 g/mol. The minimum atomic E-state index is -0.918. The van der Waals surface area contributed by atoms with E-state index >= 15 is 0 Å². The predicted octanol–water partition coefficient (Wildman–Crippen LogP) is 2.62. The summed E-state index contributed by atoms with van der Waals surface area (Å²) in [6, 6.07) is 4.49. The summed E-state index contributed by atoms with van der Waals surface area (Å²) in [6.07, 6.45) is 3.87. The van der Waals surface area contributed by atoms with Gasteiger partial charge >= 0.3 is 6.09 Å². The van der Waals surface area contributed by atoms with Crippen molar-refractivity contribution in [3.05, 3.63) is 53.9 Å². The van der Waals surface area contributed by atoms with E-state index in [1.807, 2.05) is 17.9 Å². The summed E-state index contributed by atoms with van der Waals surface area (Å²) in [7, 11) is 0. The van der Waals surface area contributed by atoms with Crippen LogP contribution in [0.5, 0.6) is 0 Å². The number of nitrogens with zero attached hydrogens (tertiary/aromatic N) is 5. The molecule has 2 amide bonds. The number of rotatable bonds is 3. The lowest BCUT2D eigenvalue weighted by atomic mass is 10.2. The van der Waals surface area contributed by atoms with Crippen molar-refractivity contribution in [2.24, 2.45) is 0 Å². The average Bonchev–Trinajstić information content (AvgIpc) is 3.09. The molecule has 1 unspecified atom stereocenters. The van der Waals surface area contributed by atoms with Crippen LogP contribution in [0.15, 0.2) is 36.8 Å². The first-order valence-corrected chi connectivity index (χ1v) is 9.48. The summed E-state index contributed by atoms with van der Waals surface area (Å²) in [5, 5.41) is 11.8. The molecule has 156 valence electrons. The lowest BCUT2D eigenvalue weighted by Gasteiger charge is -2.39. The zero-order valence-electron chi connectivity index (χ0n) is 16.5. The first kappa shape index (κ1) is 19.6. The maximum absolute atomic E-state index is 14.2. The van der Waals surface area contributed by atoms with Gasteiger partial charge < -0.3 is 24.6 Å². The highest BCUT2D eigenvalue weighted by atomic mass is 19.1. The van der Waals surface area contributed by atoms with Crippen molar-refractivity contribution < 1.29 is 19.1 Å². The molecule has 0 bridgehead atoms. The Morgan fingerprint density at radius 1 is 1.27 bits per heavy atom. The number of amides is 2. The van der Waals surface area contributed by atoms with Crippen LogP contribution in [-0.4, -0.2) is 62.1 Å². The quantitative estimate of drug-likeness (QED) is 0.686. The van der Waals surface area contributed by atoms with Crippen molar-refractivity contribution in [3.8, 4) is 0 Å². The number of carboxylic acid groups (broad SMARTS) is 1. The summed E-state index contributed by atoms with van der Waals surface area (Å²) in [5.41, 5.74) is 1.82. The summed E-state index contributed by atoms with van der Waals surface area (Å²) >= 11 is 0. The first-order chi connectivity index (χ1) is 14.3. The van der Waals surface area contributed by atoms with E-state index in [-0.39, 0.29) is 17.3 Å². The molecule has 1 fully saturated rings. The van der Waals surface area contributed by atoms with Gasteiger partial charge in [0.25, 0.3) is 5.91 Å². The molecule has 10 heteroatoms. The van der Waals surface area contributed by atoms with Crippen LogP contribution in [0.4, 0.5) is 20.7 Å². The normalized spacial score (nSPS) is 16.7. The van der Waals surface area contributed by atoms with Crippen molar-refractivity contribution in [3.63, 3.8) is 0 Å². The molecule has 4 heterocycles. The van der Waals surface area contributed by atoms with Gasteiger partial charge in [-0.1, -0.05) is 0 Å². The van der Waals surface area contributed by atoms with Crippen molar-refractivity contribution in [1.82, 2.24) is 19.3 Å². The zero-order chi connectivity index (χ0) is 21.4. The number of nitrogens with one attached hydrogen (secondary N) is 1. The van der Waals surface area contributed by atoms with Crippen LogP contribution in [0.1, 0.15) is 23.0 Å². The highest BCUT2D eigenvalue weighted by Gasteiger charge is 2.27. The maximum Gasteiger partial charge on any atom is 0.407 e. The highest BCUT2D eigenvalue weighted by Crippen LogP contribution is 2.20. The molecule has 0 aliphatic carbocycles. The number of aromatic nitrogens is 3. The van der Waals surface area contributed by atoms with E-state index in [1.54, 1.807) is 25.4 Å². The largest absolute Gasteiger partial charge is 0.465 e. The van der Waals surface area contributed by atoms with Gasteiger partial charge in [0.05, 0.1) is 23.1 Å². The lowest BCUT2D eigenvalue weighted by Crippen LogP contribution is -2.53. The Bertz CT molecular complexity index is 1110. The van der Waals surface area contributed by atoms with E-state index in [1.165, 1.54) is 15.5 Å². The fraction of sp³-hybridized carbons (Fsp3) is 0.300. The second-order valence-electron chi connectivity index (χ2n) is 7.32. The van der Waals surface area contributed by atoms with E-state index in [9.17, 15) is 19.1 Å². The van der Waals surface area contributed by atoms with Crippen LogP contribution >= 0.6 is 0 Å². The summed E-state index contributed by atoms with van der Waals surface area (Å²) in [4.78, 5) is 35.5. The smallest absolute Gasteiger partial charge is 0.407 e. The molecular weight excluding hydrogens is 391 g/mol. The molecular formula is C20H21FN6O3. The van der Waals surface area contributed by atoms with Crippen molar-refractivity contribution in [2.45, 2.75) is 19.9 Å². The number of fused-ring (bicyclic) bond motifs is 1. The number of hydrogen-bond donors (Lipinski definition) is 2. The minimum Gasteiger partial charge on any atom is -0.465 e. The standard InChI is InChI=1S/C20H21FN6O3/c1-12-9-26-11-14(7-16(21)18(26)23-12)19(28)24-17-4-3-15(8-22-17)25-5-6-27(20(29)30)13(2)10-25/h3-4,7-9,11,13H,5-6,10H2,1-2H3,(H,29,30)(H,22,24,28). The van der Waals surface area contributed by atoms with E-state index < -0.39 is 17.8 Å². The number of anilines is 2. The first-order valence-electron chi connectivity index (χ1n) is 9.48. The van der Waals surface area contributed by atoms with Crippen LogP contribution in [0.3, 0.4) is 0 Å². The number of halogens is 1. The van der Waals surface area contributed by atoms with E-state index in [0.29, 0.717) is 31.1 Å². The van der Waals surface area contributed by atoms with Gasteiger partial charge in [0.2, 0.25) is 0 Å². The Morgan fingerprint density at radius 3 is 2.73 bits per heavy atom. The molecule has 0 aromatic carbocycles. The average molecular weight is 412 g/mol. The Balaban J connectivity index is 1.45. The molecule has 30 heavy (non-hydrogen) atoms. The summed E-state index contributed by atoms with van der Waals surface area (Å²) in [5.74, 6) is -0.719. The third-order valence-electron chi connectivity index (χ3n) is 5.12. The molecule has 0 radical (unpaired) electrons. The van der Waals surface area contributed by atoms with Crippen LogP contribution in [0.25, 0.3) is 5.65 Å². The molecule has 2 N–H and O–H groups in total. The van der Waals surface area contributed by atoms with E-state index in [2.05, 4.69) is 15.3 Å². The van der Waals surface area contributed by atoms with Gasteiger partial charge in [0.1, 0.15) is 5.82 Å². The second kappa shape index (κ2) is 7.62. The third kappa shape index (κ3) is 3.76. The number of pyridine rings is 2. The third-order valence-corrected chi connectivity index (χ3v) is 5.12. The van der Waals surface area contributed by atoms with Crippen LogP contribution in [0, 0.1) is 12.7 Å². The van der Waals surface area contributed by atoms with Crippen LogP contribution < -0.4 is 10.2 Å². The Morgan fingerprint density at radius 2 is 2.07 bits per heavy atom. The van der Waals surface area contributed by atoms with Crippen molar-refractivity contribution in [2.75, 3.05) is 29.9 Å². The molecule has 1 atom stereocenters. The van der Waals surface area contributed by atoms with E-state index in [4.69, 9.17) is 0 Å². The Kier molecular flexibility index (Phi) is 4.98. The predicted molar refractivity (Wildman–Crippen MR) is 108 cm³/mol. The number of aryl methyl sites for hydroxylation is 1. The highest BCUT2D eigenvalue weighted by molar-refractivity contribution is 6.03. The molecule has 9 nitrogen and oxygen atoms in total. The molecule has 1 saturated heterocycles. The summed E-state index contributed by atoms with van der Waals surface area (Å²) in [6.45, 7) is 5.15. The fourth-order valence-electron chi connectivity index (χ4n) is 3.62. The van der Waals surface area contributed by atoms with Gasteiger partial charge in [0, 0.05) is 38.1 Å². The number of carbonyl (C=O) groups is 2. The molecule has 0 spiro atoms. The Labute approximate surface area is 171 Å². The minimum absolute atomic E-state index is 0.132. The van der Waals surface area contributed by atoms with E-state index in [0.717, 1.165) is 11.8 Å². The van der Waals surface area contributed by atoms with Gasteiger partial charge in [-0.2, -0.15) is 0 Å². The van der Waals surface area contributed by atoms with Crippen molar-refractivity contribution >= 4 is 29.2 Å². The molecule has 0 saturated carbocycles. The SMILES string of the molecule is Cc1cn2cc(C(=O)Nc3ccc(N4CCN(C(=O)O)C(C)C4)cn3)cc(F)c2n1. The molecule has 3 aromatic rings.